The lowest BCUT2D eigenvalue weighted by Crippen LogP contribution is -2.18. The normalized spacial score (nSPS) is 14.4. The number of nitrogens with two attached hydrogens (primary N) is 1. The van der Waals surface area contributed by atoms with E-state index in [1.165, 1.54) is 18.5 Å². The Morgan fingerprint density at radius 1 is 1.29 bits per heavy atom. The Bertz CT molecular complexity index is 621. The van der Waals surface area contributed by atoms with Crippen molar-refractivity contribution in [1.29, 1.82) is 0 Å². The van der Waals surface area contributed by atoms with Gasteiger partial charge in [0.05, 0.1) is 0 Å². The van der Waals surface area contributed by atoms with Crippen LogP contribution in [0.3, 0.4) is 0 Å². The first-order chi connectivity index (χ1) is 10.1. The number of nitrogens with zero attached hydrogens (tertiary/aromatic N) is 2. The third-order valence-electron chi connectivity index (χ3n) is 3.80. The number of H-pyrrole nitrogens is 1. The van der Waals surface area contributed by atoms with Crippen molar-refractivity contribution in [2.75, 3.05) is 29.0 Å². The van der Waals surface area contributed by atoms with E-state index in [2.05, 4.69) is 20.4 Å². The Hall–Kier alpha value is -2.50. The van der Waals surface area contributed by atoms with Gasteiger partial charge in [0, 0.05) is 30.2 Å². The van der Waals surface area contributed by atoms with Crippen molar-refractivity contribution in [2.45, 2.75) is 19.8 Å². The summed E-state index contributed by atoms with van der Waals surface area (Å²) in [7, 11) is 0. The fraction of sp³-hybridized carbons (Fsp3) is 0.333. The zero-order valence-corrected chi connectivity index (χ0v) is 12.0. The third kappa shape index (κ3) is 2.69. The van der Waals surface area contributed by atoms with Crippen LogP contribution in [0.5, 0.6) is 0 Å². The predicted molar refractivity (Wildman–Crippen MR) is 83.6 cm³/mol. The second-order valence-electron chi connectivity index (χ2n) is 5.30. The standard InChI is InChI=1S/C15H19N5O/c1-10-13(14(16)19-18-10)15(21)17-11-4-6-12(7-5-11)20-8-2-3-9-20/h4-7H,2-3,8-9H2,1H3,(H,17,21)(H3,16,18,19). The molecule has 1 aliphatic heterocycles. The number of hydrogen-bond acceptors (Lipinski definition) is 4. The summed E-state index contributed by atoms with van der Waals surface area (Å²) in [5.74, 6) is -0.0219. The number of nitrogens with one attached hydrogen (secondary N) is 2. The largest absolute Gasteiger partial charge is 0.382 e. The van der Waals surface area contributed by atoms with Crippen LogP contribution in [0.15, 0.2) is 24.3 Å². The number of aromatic amines is 1. The highest BCUT2D eigenvalue weighted by atomic mass is 16.1. The summed E-state index contributed by atoms with van der Waals surface area (Å²) in [4.78, 5) is 14.5. The average molecular weight is 285 g/mol. The first kappa shape index (κ1) is 13.5. The lowest BCUT2D eigenvalue weighted by molar-refractivity contribution is 0.102. The van der Waals surface area contributed by atoms with Crippen LogP contribution in [0.25, 0.3) is 0 Å². The first-order valence-corrected chi connectivity index (χ1v) is 7.12. The zero-order valence-electron chi connectivity index (χ0n) is 12.0. The number of rotatable bonds is 3. The van der Waals surface area contributed by atoms with Gasteiger partial charge < -0.3 is 16.0 Å². The molecule has 6 nitrogen and oxygen atoms in total. The molecule has 1 aliphatic rings. The Morgan fingerprint density at radius 2 is 1.95 bits per heavy atom. The lowest BCUT2D eigenvalue weighted by Gasteiger charge is -2.17. The maximum atomic E-state index is 12.2. The highest BCUT2D eigenvalue weighted by Gasteiger charge is 2.16. The molecule has 0 bridgehead atoms. The number of carbonyl (C=O) groups is 1. The highest BCUT2D eigenvalue weighted by molar-refractivity contribution is 6.08. The van der Waals surface area contributed by atoms with Crippen molar-refractivity contribution >= 4 is 23.1 Å². The van der Waals surface area contributed by atoms with Crippen LogP contribution in [0.1, 0.15) is 28.9 Å². The van der Waals surface area contributed by atoms with E-state index in [0.717, 1.165) is 18.8 Å². The Labute approximate surface area is 123 Å². The molecule has 1 aromatic heterocycles. The number of carbonyl (C=O) groups excluding carboxylic acids is 1. The van der Waals surface area contributed by atoms with Gasteiger partial charge in [-0.05, 0) is 44.0 Å². The number of benzene rings is 1. The van der Waals surface area contributed by atoms with E-state index in [1.807, 2.05) is 24.3 Å². The Morgan fingerprint density at radius 3 is 2.52 bits per heavy atom. The number of hydrogen-bond donors (Lipinski definition) is 3. The summed E-state index contributed by atoms with van der Waals surface area (Å²) in [6, 6.07) is 7.90. The van der Waals surface area contributed by atoms with Crippen molar-refractivity contribution in [2.24, 2.45) is 0 Å². The molecule has 110 valence electrons. The maximum Gasteiger partial charge on any atom is 0.261 e. The molecule has 1 fully saturated rings. The zero-order chi connectivity index (χ0) is 14.8. The molecular weight excluding hydrogens is 266 g/mol. The van der Waals surface area contributed by atoms with E-state index in [-0.39, 0.29) is 11.7 Å². The molecule has 0 radical (unpaired) electrons. The molecule has 21 heavy (non-hydrogen) atoms. The second-order valence-corrected chi connectivity index (χ2v) is 5.30. The Kier molecular flexibility index (Phi) is 3.51. The SMILES string of the molecule is Cc1[nH]nc(N)c1C(=O)Nc1ccc(N2CCCC2)cc1. The Balaban J connectivity index is 1.72. The van der Waals surface area contributed by atoms with Crippen LogP contribution in [0.4, 0.5) is 17.2 Å². The van der Waals surface area contributed by atoms with Gasteiger partial charge in [-0.25, -0.2) is 0 Å². The van der Waals surface area contributed by atoms with Gasteiger partial charge in [0.2, 0.25) is 0 Å². The van der Waals surface area contributed by atoms with Gasteiger partial charge in [-0.2, -0.15) is 5.10 Å². The minimum atomic E-state index is -0.243. The fourth-order valence-electron chi connectivity index (χ4n) is 2.66. The van der Waals surface area contributed by atoms with Gasteiger partial charge in [-0.15, -0.1) is 0 Å². The van der Waals surface area contributed by atoms with Crippen LogP contribution in [0, 0.1) is 6.92 Å². The van der Waals surface area contributed by atoms with Gasteiger partial charge in [0.1, 0.15) is 5.56 Å². The van der Waals surface area contributed by atoms with Crippen molar-refractivity contribution in [3.05, 3.63) is 35.5 Å². The predicted octanol–water partition coefficient (Wildman–Crippen LogP) is 2.15. The topological polar surface area (TPSA) is 87.0 Å². The number of aromatic nitrogens is 2. The van der Waals surface area contributed by atoms with E-state index in [1.54, 1.807) is 6.92 Å². The second kappa shape index (κ2) is 5.47. The molecule has 0 unspecified atom stereocenters. The lowest BCUT2D eigenvalue weighted by atomic mass is 10.2. The molecule has 0 spiro atoms. The molecular formula is C15H19N5O. The summed E-state index contributed by atoms with van der Waals surface area (Å²) in [5.41, 5.74) is 8.71. The van der Waals surface area contributed by atoms with Crippen LogP contribution < -0.4 is 16.0 Å². The van der Waals surface area contributed by atoms with Crippen molar-refractivity contribution in [3.8, 4) is 0 Å². The molecule has 6 heteroatoms. The third-order valence-corrected chi connectivity index (χ3v) is 3.80. The summed E-state index contributed by atoms with van der Waals surface area (Å²) in [6.45, 7) is 3.99. The van der Waals surface area contributed by atoms with Crippen LogP contribution >= 0.6 is 0 Å². The number of amides is 1. The molecule has 0 aliphatic carbocycles. The van der Waals surface area contributed by atoms with E-state index < -0.39 is 0 Å². The van der Waals surface area contributed by atoms with Crippen LogP contribution in [0.2, 0.25) is 0 Å². The monoisotopic (exact) mass is 285 g/mol. The van der Waals surface area contributed by atoms with E-state index in [9.17, 15) is 4.79 Å². The van der Waals surface area contributed by atoms with Gasteiger partial charge in [-0.3, -0.25) is 9.89 Å². The van der Waals surface area contributed by atoms with Gasteiger partial charge in [0.15, 0.2) is 5.82 Å². The number of nitrogen functional groups attached to an aromatic ring is 1. The average Bonchev–Trinajstić information content (AvgIpc) is 3.10. The minimum Gasteiger partial charge on any atom is -0.382 e. The van der Waals surface area contributed by atoms with E-state index in [4.69, 9.17) is 5.73 Å². The van der Waals surface area contributed by atoms with Crippen molar-refractivity contribution in [1.82, 2.24) is 10.2 Å². The first-order valence-electron chi connectivity index (χ1n) is 7.12. The van der Waals surface area contributed by atoms with Crippen molar-refractivity contribution < 1.29 is 4.79 Å². The molecule has 0 saturated carbocycles. The van der Waals surface area contributed by atoms with Crippen LogP contribution in [-0.2, 0) is 0 Å². The smallest absolute Gasteiger partial charge is 0.261 e. The molecule has 0 atom stereocenters. The van der Waals surface area contributed by atoms with Crippen LogP contribution in [-0.4, -0.2) is 29.2 Å². The molecule has 2 aromatic rings. The number of anilines is 3. The molecule has 3 rings (SSSR count). The minimum absolute atomic E-state index is 0.221. The summed E-state index contributed by atoms with van der Waals surface area (Å²) < 4.78 is 0. The fourth-order valence-corrected chi connectivity index (χ4v) is 2.66. The molecule has 4 N–H and O–H groups in total. The summed E-state index contributed by atoms with van der Waals surface area (Å²) >= 11 is 0. The van der Waals surface area contributed by atoms with Crippen molar-refractivity contribution in [3.63, 3.8) is 0 Å². The quantitative estimate of drug-likeness (QED) is 0.806. The van der Waals surface area contributed by atoms with Gasteiger partial charge >= 0.3 is 0 Å². The van der Waals surface area contributed by atoms with E-state index >= 15 is 0 Å². The van der Waals surface area contributed by atoms with Gasteiger partial charge in [0.25, 0.3) is 5.91 Å². The molecule has 1 amide bonds. The molecule has 1 aromatic carbocycles. The summed E-state index contributed by atoms with van der Waals surface area (Å²) in [5, 5.41) is 9.38. The van der Waals surface area contributed by atoms with E-state index in [0.29, 0.717) is 11.3 Å². The number of aryl methyl sites for hydroxylation is 1. The molecule has 1 saturated heterocycles. The summed E-state index contributed by atoms with van der Waals surface area (Å²) in [6.07, 6.45) is 2.50. The van der Waals surface area contributed by atoms with Gasteiger partial charge in [-0.1, -0.05) is 0 Å². The highest BCUT2D eigenvalue weighted by Crippen LogP contribution is 2.23. The molecule has 2 heterocycles. The maximum absolute atomic E-state index is 12.2.